The Hall–Kier alpha value is -3.77. The maximum atomic E-state index is 14.0. The van der Waals surface area contributed by atoms with Gasteiger partial charge in [-0.25, -0.2) is 13.8 Å². The second kappa shape index (κ2) is 10.1. The van der Waals surface area contributed by atoms with E-state index in [1.165, 1.54) is 10.9 Å². The highest BCUT2D eigenvalue weighted by Crippen LogP contribution is 2.29. The highest BCUT2D eigenvalue weighted by molar-refractivity contribution is 5.97. The molecule has 0 saturated heterocycles. The number of carbonyl (C=O) groups excluding carboxylic acids is 1. The molecule has 2 N–H and O–H groups in total. The molecule has 10 nitrogen and oxygen atoms in total. The molecule has 1 aromatic carbocycles. The molecule has 0 bridgehead atoms. The van der Waals surface area contributed by atoms with E-state index in [-0.39, 0.29) is 48.2 Å². The number of rotatable bonds is 10. The van der Waals surface area contributed by atoms with Gasteiger partial charge in [0.2, 0.25) is 0 Å². The van der Waals surface area contributed by atoms with Crippen LogP contribution in [-0.2, 0) is 18.6 Å². The zero-order valence-corrected chi connectivity index (χ0v) is 20.0. The Labute approximate surface area is 205 Å². The van der Waals surface area contributed by atoms with Crippen molar-refractivity contribution in [1.29, 1.82) is 0 Å². The van der Waals surface area contributed by atoms with Gasteiger partial charge in [-0.3, -0.25) is 9.20 Å². The summed E-state index contributed by atoms with van der Waals surface area (Å²) in [4.78, 5) is 19.1. The minimum atomic E-state index is -1.14. The number of carbonyl (C=O) groups is 1. The van der Waals surface area contributed by atoms with Crippen molar-refractivity contribution in [2.45, 2.75) is 51.9 Å². The molecule has 0 spiro atoms. The first-order valence-electron chi connectivity index (χ1n) is 11.3. The number of aliphatic hydroxyl groups excluding tert-OH is 2. The van der Waals surface area contributed by atoms with E-state index in [2.05, 4.69) is 20.4 Å². The fourth-order valence-corrected chi connectivity index (χ4v) is 3.87. The number of ketones is 1. The van der Waals surface area contributed by atoms with Crippen LogP contribution in [0.5, 0.6) is 5.75 Å². The van der Waals surface area contributed by atoms with Crippen LogP contribution in [0.4, 0.5) is 8.78 Å². The lowest BCUT2D eigenvalue weighted by molar-refractivity contribution is 0.0905. The van der Waals surface area contributed by atoms with E-state index in [0.29, 0.717) is 11.3 Å². The molecule has 2 atom stereocenters. The van der Waals surface area contributed by atoms with Crippen molar-refractivity contribution >= 4 is 11.4 Å². The number of fused-ring (bicyclic) bond motifs is 1. The lowest BCUT2D eigenvalue weighted by Gasteiger charge is -2.22. The summed E-state index contributed by atoms with van der Waals surface area (Å²) < 4.78 is 35.2. The molecule has 3 heterocycles. The first-order chi connectivity index (χ1) is 17.1. The highest BCUT2D eigenvalue weighted by Gasteiger charge is 2.36. The number of hydrogen-bond acceptors (Lipinski definition) is 8. The molecular formula is C24H26F2N6O4. The molecule has 0 aliphatic carbocycles. The SMILES string of the molecule is Cc1nc2c(OCc3c(F)cccc3F)cccn2c1C(=O)CC(C)(CO)c1nnn(CC(C)O)n1. The second-order valence-electron chi connectivity index (χ2n) is 8.94. The second-order valence-corrected chi connectivity index (χ2v) is 8.94. The Morgan fingerprint density at radius 1 is 1.22 bits per heavy atom. The van der Waals surface area contributed by atoms with Crippen LogP contribution in [0.2, 0.25) is 0 Å². The fourth-order valence-electron chi connectivity index (χ4n) is 3.87. The third kappa shape index (κ3) is 4.95. The van der Waals surface area contributed by atoms with Crippen LogP contribution in [0.25, 0.3) is 5.65 Å². The largest absolute Gasteiger partial charge is 0.485 e. The molecule has 4 rings (SSSR count). The number of nitrogens with zero attached hydrogens (tertiary/aromatic N) is 6. The fraction of sp³-hybridized carbons (Fsp3) is 0.375. The minimum absolute atomic E-state index is 0.119. The van der Waals surface area contributed by atoms with Gasteiger partial charge in [-0.1, -0.05) is 6.07 Å². The first kappa shape index (κ1) is 25.3. The van der Waals surface area contributed by atoms with Gasteiger partial charge in [0.05, 0.1) is 35.9 Å². The third-order valence-electron chi connectivity index (χ3n) is 5.81. The van der Waals surface area contributed by atoms with E-state index in [9.17, 15) is 23.8 Å². The van der Waals surface area contributed by atoms with Gasteiger partial charge in [0.25, 0.3) is 0 Å². The van der Waals surface area contributed by atoms with E-state index in [1.54, 1.807) is 43.5 Å². The molecule has 0 aliphatic rings. The molecule has 0 aliphatic heterocycles. The predicted molar refractivity (Wildman–Crippen MR) is 124 cm³/mol. The number of tetrazole rings is 1. The van der Waals surface area contributed by atoms with Crippen molar-refractivity contribution in [1.82, 2.24) is 29.6 Å². The summed E-state index contributed by atoms with van der Waals surface area (Å²) in [6.45, 7) is 4.23. The van der Waals surface area contributed by atoms with E-state index >= 15 is 0 Å². The summed E-state index contributed by atoms with van der Waals surface area (Å²) in [7, 11) is 0. The van der Waals surface area contributed by atoms with Crippen LogP contribution >= 0.6 is 0 Å². The number of pyridine rings is 1. The van der Waals surface area contributed by atoms with Crippen molar-refractivity contribution in [3.63, 3.8) is 0 Å². The monoisotopic (exact) mass is 500 g/mol. The highest BCUT2D eigenvalue weighted by atomic mass is 19.1. The van der Waals surface area contributed by atoms with Gasteiger partial charge in [0.1, 0.15) is 23.9 Å². The number of aryl methyl sites for hydroxylation is 1. The average Bonchev–Trinajstić information content (AvgIpc) is 3.42. The van der Waals surface area contributed by atoms with E-state index < -0.39 is 29.8 Å². The molecule has 3 aromatic heterocycles. The Bertz CT molecular complexity index is 1380. The van der Waals surface area contributed by atoms with Gasteiger partial charge in [-0.2, -0.15) is 4.80 Å². The standard InChI is InChI=1S/C24H26F2N6O4/c1-14(34)11-32-29-23(28-30-32)24(3,13-33)10-19(35)21-15(2)27-22-20(8-5-9-31(21)22)36-12-16-17(25)6-4-7-18(16)26/h4-9,14,33-34H,10-13H2,1-3H3. The number of benzene rings is 1. The topological polar surface area (TPSA) is 128 Å². The number of ether oxygens (including phenoxy) is 1. The van der Waals surface area contributed by atoms with Crippen molar-refractivity contribution in [3.8, 4) is 5.75 Å². The maximum absolute atomic E-state index is 14.0. The normalized spacial score (nSPS) is 14.1. The minimum Gasteiger partial charge on any atom is -0.485 e. The lowest BCUT2D eigenvalue weighted by atomic mass is 9.84. The van der Waals surface area contributed by atoms with E-state index in [1.807, 2.05) is 0 Å². The molecule has 0 fully saturated rings. The van der Waals surface area contributed by atoms with Crippen LogP contribution in [-0.4, -0.2) is 58.3 Å². The average molecular weight is 501 g/mol. The van der Waals surface area contributed by atoms with Gasteiger partial charge < -0.3 is 14.9 Å². The Morgan fingerprint density at radius 3 is 2.61 bits per heavy atom. The van der Waals surface area contributed by atoms with Gasteiger partial charge in [-0.15, -0.1) is 10.2 Å². The Kier molecular flexibility index (Phi) is 7.09. The number of aromatic nitrogens is 6. The third-order valence-corrected chi connectivity index (χ3v) is 5.81. The van der Waals surface area contributed by atoms with Crippen LogP contribution < -0.4 is 4.74 Å². The van der Waals surface area contributed by atoms with Crippen LogP contribution in [0.3, 0.4) is 0 Å². The predicted octanol–water partition coefficient (Wildman–Crippen LogP) is 2.39. The van der Waals surface area contributed by atoms with Crippen molar-refractivity contribution < 1.29 is 28.5 Å². The summed E-state index contributed by atoms with van der Waals surface area (Å²) in [6, 6.07) is 6.79. The van der Waals surface area contributed by atoms with E-state index in [0.717, 1.165) is 12.1 Å². The molecule has 4 aromatic rings. The zero-order chi connectivity index (χ0) is 26.0. The van der Waals surface area contributed by atoms with Crippen LogP contribution in [0, 0.1) is 18.6 Å². The summed E-state index contributed by atoms with van der Waals surface area (Å²) in [5.74, 6) is -1.36. The van der Waals surface area contributed by atoms with Crippen molar-refractivity contribution in [3.05, 3.63) is 70.9 Å². The first-order valence-corrected chi connectivity index (χ1v) is 11.3. The molecule has 0 saturated carbocycles. The van der Waals surface area contributed by atoms with Gasteiger partial charge >= 0.3 is 0 Å². The van der Waals surface area contributed by atoms with Crippen LogP contribution in [0.1, 0.15) is 47.8 Å². The smallest absolute Gasteiger partial charge is 0.183 e. The molecule has 2 unspecified atom stereocenters. The van der Waals surface area contributed by atoms with E-state index in [4.69, 9.17) is 4.74 Å². The number of Topliss-reactive ketones (excluding diaryl/α,β-unsaturated/α-hetero) is 1. The summed E-state index contributed by atoms with van der Waals surface area (Å²) in [5.41, 5.74) is -0.361. The van der Waals surface area contributed by atoms with Crippen molar-refractivity contribution in [2.75, 3.05) is 6.61 Å². The molecular weight excluding hydrogens is 474 g/mol. The quantitative estimate of drug-likeness (QED) is 0.318. The molecule has 0 radical (unpaired) electrons. The Morgan fingerprint density at radius 2 is 1.94 bits per heavy atom. The summed E-state index contributed by atoms with van der Waals surface area (Å²) in [5, 5.41) is 31.7. The zero-order valence-electron chi connectivity index (χ0n) is 20.0. The summed E-state index contributed by atoms with van der Waals surface area (Å²) in [6.07, 6.45) is 0.789. The van der Waals surface area contributed by atoms with Gasteiger partial charge in [0, 0.05) is 12.6 Å². The lowest BCUT2D eigenvalue weighted by Crippen LogP contribution is -2.32. The molecule has 36 heavy (non-hydrogen) atoms. The molecule has 12 heteroatoms. The number of imidazole rings is 1. The number of halogens is 2. The summed E-state index contributed by atoms with van der Waals surface area (Å²) >= 11 is 0. The molecule has 190 valence electrons. The molecule has 0 amide bonds. The maximum Gasteiger partial charge on any atom is 0.183 e. The number of aliphatic hydroxyl groups is 2. The van der Waals surface area contributed by atoms with Crippen LogP contribution in [0.15, 0.2) is 36.5 Å². The van der Waals surface area contributed by atoms with Gasteiger partial charge in [0.15, 0.2) is 23.0 Å². The number of hydrogen-bond donors (Lipinski definition) is 2. The Balaban J connectivity index is 1.61. The van der Waals surface area contributed by atoms with Crippen molar-refractivity contribution in [2.24, 2.45) is 0 Å². The van der Waals surface area contributed by atoms with Gasteiger partial charge in [-0.05, 0) is 50.3 Å².